The second kappa shape index (κ2) is 8.67. The van der Waals surface area contributed by atoms with E-state index in [0.717, 1.165) is 18.4 Å². The first-order chi connectivity index (χ1) is 11.0. The molecular formula is C16H22F2N2O3. The Bertz CT molecular complexity index is 506. The average Bonchev–Trinajstić information content (AvgIpc) is 2.54. The SMILES string of the molecule is O=C(NCc1cccc(OCC(F)F)c1)NC1CCC(O)CC1. The van der Waals surface area contributed by atoms with E-state index < -0.39 is 13.0 Å². The fourth-order valence-corrected chi connectivity index (χ4v) is 2.54. The van der Waals surface area contributed by atoms with Gasteiger partial charge in [-0.3, -0.25) is 0 Å². The number of aliphatic hydroxyl groups excluding tert-OH is 1. The van der Waals surface area contributed by atoms with E-state index in [1.54, 1.807) is 24.3 Å². The number of aliphatic hydroxyl groups is 1. The third kappa shape index (κ3) is 6.40. The minimum absolute atomic E-state index is 0.0825. The topological polar surface area (TPSA) is 70.6 Å². The largest absolute Gasteiger partial charge is 0.488 e. The molecule has 7 heteroatoms. The molecule has 3 N–H and O–H groups in total. The van der Waals surface area contributed by atoms with Crippen LogP contribution in [0.15, 0.2) is 24.3 Å². The second-order valence-electron chi connectivity index (χ2n) is 5.68. The van der Waals surface area contributed by atoms with E-state index in [1.807, 2.05) is 0 Å². The number of urea groups is 1. The Kier molecular flexibility index (Phi) is 6.58. The number of carbonyl (C=O) groups excluding carboxylic acids is 1. The van der Waals surface area contributed by atoms with E-state index >= 15 is 0 Å². The van der Waals surface area contributed by atoms with Gasteiger partial charge in [0.1, 0.15) is 12.4 Å². The molecule has 0 saturated heterocycles. The van der Waals surface area contributed by atoms with Crippen molar-refractivity contribution in [3.63, 3.8) is 0 Å². The maximum absolute atomic E-state index is 12.1. The number of ether oxygens (including phenoxy) is 1. The molecule has 1 saturated carbocycles. The quantitative estimate of drug-likeness (QED) is 0.751. The number of alkyl halides is 2. The van der Waals surface area contributed by atoms with Crippen molar-refractivity contribution in [2.45, 2.75) is 50.8 Å². The monoisotopic (exact) mass is 328 g/mol. The molecule has 0 bridgehead atoms. The number of halogens is 2. The van der Waals surface area contributed by atoms with Gasteiger partial charge in [-0.2, -0.15) is 0 Å². The smallest absolute Gasteiger partial charge is 0.315 e. The summed E-state index contributed by atoms with van der Waals surface area (Å²) < 4.78 is 29.2. The summed E-state index contributed by atoms with van der Waals surface area (Å²) in [6.45, 7) is -0.363. The molecule has 0 atom stereocenters. The molecule has 5 nitrogen and oxygen atoms in total. The lowest BCUT2D eigenvalue weighted by Crippen LogP contribution is -2.43. The minimum Gasteiger partial charge on any atom is -0.488 e. The van der Waals surface area contributed by atoms with Gasteiger partial charge in [0.2, 0.25) is 0 Å². The van der Waals surface area contributed by atoms with Crippen LogP contribution < -0.4 is 15.4 Å². The molecule has 1 aliphatic rings. The summed E-state index contributed by atoms with van der Waals surface area (Å²) in [7, 11) is 0. The summed E-state index contributed by atoms with van der Waals surface area (Å²) in [4.78, 5) is 11.9. The third-order valence-electron chi connectivity index (χ3n) is 3.76. The number of hydrogen-bond acceptors (Lipinski definition) is 3. The lowest BCUT2D eigenvalue weighted by Gasteiger charge is -2.26. The first-order valence-electron chi connectivity index (χ1n) is 7.75. The molecule has 1 aromatic carbocycles. The van der Waals surface area contributed by atoms with E-state index in [2.05, 4.69) is 10.6 Å². The summed E-state index contributed by atoms with van der Waals surface area (Å²) in [6, 6.07) is 6.51. The van der Waals surface area contributed by atoms with E-state index in [0.29, 0.717) is 18.6 Å². The molecule has 0 aliphatic heterocycles. The molecule has 128 valence electrons. The lowest BCUT2D eigenvalue weighted by molar-refractivity contribution is 0.0818. The van der Waals surface area contributed by atoms with Gasteiger partial charge in [0, 0.05) is 12.6 Å². The van der Waals surface area contributed by atoms with Crippen molar-refractivity contribution in [2.24, 2.45) is 0 Å². The highest BCUT2D eigenvalue weighted by Crippen LogP contribution is 2.18. The molecule has 0 radical (unpaired) electrons. The second-order valence-corrected chi connectivity index (χ2v) is 5.68. The predicted molar refractivity (Wildman–Crippen MR) is 81.6 cm³/mol. The molecule has 0 unspecified atom stereocenters. The Morgan fingerprint density at radius 3 is 2.74 bits per heavy atom. The summed E-state index contributed by atoms with van der Waals surface area (Å²) in [5.41, 5.74) is 0.769. The Labute approximate surface area is 134 Å². The van der Waals surface area contributed by atoms with Crippen LogP contribution in [0.5, 0.6) is 5.75 Å². The number of benzene rings is 1. The van der Waals surface area contributed by atoms with Crippen LogP contribution in [0.1, 0.15) is 31.2 Å². The molecule has 2 amide bonds. The van der Waals surface area contributed by atoms with E-state index in [1.165, 1.54) is 0 Å². The Morgan fingerprint density at radius 1 is 1.30 bits per heavy atom. The van der Waals surface area contributed by atoms with Crippen molar-refractivity contribution < 1.29 is 23.4 Å². The van der Waals surface area contributed by atoms with Gasteiger partial charge >= 0.3 is 6.03 Å². The van der Waals surface area contributed by atoms with Gasteiger partial charge in [-0.25, -0.2) is 13.6 Å². The maximum atomic E-state index is 12.1. The van der Waals surface area contributed by atoms with Crippen molar-refractivity contribution in [1.29, 1.82) is 0 Å². The van der Waals surface area contributed by atoms with Crippen molar-refractivity contribution >= 4 is 6.03 Å². The Balaban J connectivity index is 1.74. The highest BCUT2D eigenvalue weighted by Gasteiger charge is 2.20. The summed E-state index contributed by atoms with van der Waals surface area (Å²) in [6.07, 6.45) is 0.170. The van der Waals surface area contributed by atoms with Crippen LogP contribution in [0.25, 0.3) is 0 Å². The van der Waals surface area contributed by atoms with E-state index in [4.69, 9.17) is 4.74 Å². The van der Waals surface area contributed by atoms with Crippen molar-refractivity contribution in [3.8, 4) is 5.75 Å². The van der Waals surface area contributed by atoms with Crippen LogP contribution in [-0.4, -0.2) is 36.3 Å². The zero-order chi connectivity index (χ0) is 16.7. The van der Waals surface area contributed by atoms with Gasteiger partial charge in [0.25, 0.3) is 6.43 Å². The first kappa shape index (κ1) is 17.5. The van der Waals surface area contributed by atoms with Crippen LogP contribution >= 0.6 is 0 Å². The molecule has 23 heavy (non-hydrogen) atoms. The number of hydrogen-bond donors (Lipinski definition) is 3. The molecule has 1 aromatic rings. The summed E-state index contributed by atoms with van der Waals surface area (Å²) in [5, 5.41) is 15.0. The number of amides is 2. The van der Waals surface area contributed by atoms with Crippen LogP contribution in [0.3, 0.4) is 0 Å². The first-order valence-corrected chi connectivity index (χ1v) is 7.75. The molecule has 0 heterocycles. The fourth-order valence-electron chi connectivity index (χ4n) is 2.54. The minimum atomic E-state index is -2.52. The zero-order valence-electron chi connectivity index (χ0n) is 12.8. The van der Waals surface area contributed by atoms with Gasteiger partial charge in [-0.15, -0.1) is 0 Å². The Morgan fingerprint density at radius 2 is 2.04 bits per heavy atom. The fraction of sp³-hybridized carbons (Fsp3) is 0.562. The van der Waals surface area contributed by atoms with Gasteiger partial charge < -0.3 is 20.5 Å². The van der Waals surface area contributed by atoms with Crippen molar-refractivity contribution in [3.05, 3.63) is 29.8 Å². The maximum Gasteiger partial charge on any atom is 0.315 e. The lowest BCUT2D eigenvalue weighted by atomic mass is 9.93. The molecule has 1 fully saturated rings. The van der Waals surface area contributed by atoms with Crippen molar-refractivity contribution in [1.82, 2.24) is 10.6 Å². The summed E-state index contributed by atoms with van der Waals surface area (Å²) in [5.74, 6) is 0.353. The van der Waals surface area contributed by atoms with Crippen LogP contribution in [-0.2, 0) is 6.54 Å². The summed E-state index contributed by atoms with van der Waals surface area (Å²) >= 11 is 0. The highest BCUT2D eigenvalue weighted by atomic mass is 19.3. The molecule has 1 aliphatic carbocycles. The van der Waals surface area contributed by atoms with Gasteiger partial charge in [-0.1, -0.05) is 12.1 Å². The molecule has 0 aromatic heterocycles. The van der Waals surface area contributed by atoms with Crippen LogP contribution in [0.2, 0.25) is 0 Å². The van der Waals surface area contributed by atoms with Gasteiger partial charge in [-0.05, 0) is 43.4 Å². The predicted octanol–water partition coefficient (Wildman–Crippen LogP) is 2.43. The number of rotatable bonds is 6. The molecule has 0 spiro atoms. The van der Waals surface area contributed by atoms with Crippen molar-refractivity contribution in [2.75, 3.05) is 6.61 Å². The van der Waals surface area contributed by atoms with Gasteiger partial charge in [0.15, 0.2) is 0 Å². The number of nitrogens with one attached hydrogen (secondary N) is 2. The van der Waals surface area contributed by atoms with Gasteiger partial charge in [0.05, 0.1) is 6.10 Å². The van der Waals surface area contributed by atoms with E-state index in [-0.39, 0.29) is 24.7 Å². The van der Waals surface area contributed by atoms with Crippen LogP contribution in [0, 0.1) is 0 Å². The average molecular weight is 328 g/mol. The molecular weight excluding hydrogens is 306 g/mol. The normalized spacial score (nSPS) is 21.0. The number of carbonyl (C=O) groups is 1. The van der Waals surface area contributed by atoms with E-state index in [9.17, 15) is 18.7 Å². The van der Waals surface area contributed by atoms with Crippen LogP contribution in [0.4, 0.5) is 13.6 Å². The Hall–Kier alpha value is -1.89. The third-order valence-corrected chi connectivity index (χ3v) is 3.76. The zero-order valence-corrected chi connectivity index (χ0v) is 12.8. The molecule has 2 rings (SSSR count). The highest BCUT2D eigenvalue weighted by molar-refractivity contribution is 5.74. The standard InChI is InChI=1S/C16H22F2N2O3/c17-15(18)10-23-14-3-1-2-11(8-14)9-19-16(22)20-12-4-6-13(21)7-5-12/h1-3,8,12-13,15,21H,4-7,9-10H2,(H2,19,20,22).